The van der Waals surface area contributed by atoms with Crippen molar-refractivity contribution in [2.24, 2.45) is 5.92 Å². The number of ether oxygens (including phenoxy) is 1. The SMILES string of the molecule is COc1cc(C)cc2c1NCC(C)C2C. The van der Waals surface area contributed by atoms with Crippen LogP contribution in [0.1, 0.15) is 30.9 Å². The van der Waals surface area contributed by atoms with Crippen molar-refractivity contribution in [2.75, 3.05) is 19.0 Å². The van der Waals surface area contributed by atoms with Crippen molar-refractivity contribution in [1.29, 1.82) is 0 Å². The fourth-order valence-electron chi connectivity index (χ4n) is 2.24. The van der Waals surface area contributed by atoms with E-state index in [1.165, 1.54) is 16.8 Å². The van der Waals surface area contributed by atoms with Gasteiger partial charge in [0.25, 0.3) is 0 Å². The zero-order valence-corrected chi connectivity index (χ0v) is 9.92. The van der Waals surface area contributed by atoms with Crippen molar-refractivity contribution in [3.05, 3.63) is 23.3 Å². The fraction of sp³-hybridized carbons (Fsp3) is 0.538. The van der Waals surface area contributed by atoms with Crippen LogP contribution in [0.15, 0.2) is 12.1 Å². The third kappa shape index (κ3) is 1.69. The highest BCUT2D eigenvalue weighted by atomic mass is 16.5. The van der Waals surface area contributed by atoms with Gasteiger partial charge in [-0.15, -0.1) is 0 Å². The summed E-state index contributed by atoms with van der Waals surface area (Å²) in [5.74, 6) is 2.27. The van der Waals surface area contributed by atoms with Gasteiger partial charge in [0.15, 0.2) is 0 Å². The van der Waals surface area contributed by atoms with Gasteiger partial charge in [-0.3, -0.25) is 0 Å². The number of aryl methyl sites for hydroxylation is 1. The lowest BCUT2D eigenvalue weighted by Gasteiger charge is -2.31. The van der Waals surface area contributed by atoms with E-state index >= 15 is 0 Å². The number of nitrogens with one attached hydrogen (secondary N) is 1. The lowest BCUT2D eigenvalue weighted by molar-refractivity contribution is 0.410. The van der Waals surface area contributed by atoms with E-state index in [1.54, 1.807) is 7.11 Å². The van der Waals surface area contributed by atoms with Crippen LogP contribution in [0, 0.1) is 12.8 Å². The van der Waals surface area contributed by atoms with Crippen molar-refractivity contribution in [3.8, 4) is 5.75 Å². The molecule has 2 atom stereocenters. The van der Waals surface area contributed by atoms with Gasteiger partial charge in [-0.05, 0) is 36.0 Å². The second-order valence-corrected chi connectivity index (χ2v) is 4.58. The minimum Gasteiger partial charge on any atom is -0.495 e. The molecular formula is C13H19NO. The predicted octanol–water partition coefficient (Wildman–Crippen LogP) is 3.17. The molecule has 0 saturated heterocycles. The molecule has 1 aliphatic rings. The lowest BCUT2D eigenvalue weighted by Crippen LogP contribution is -2.24. The molecule has 0 fully saturated rings. The van der Waals surface area contributed by atoms with Gasteiger partial charge < -0.3 is 10.1 Å². The molecule has 1 aromatic rings. The molecule has 0 aromatic heterocycles. The molecule has 1 aromatic carbocycles. The van der Waals surface area contributed by atoms with Crippen LogP contribution in [0.2, 0.25) is 0 Å². The zero-order chi connectivity index (χ0) is 11.0. The molecule has 0 amide bonds. The van der Waals surface area contributed by atoms with Gasteiger partial charge in [-0.1, -0.05) is 19.9 Å². The van der Waals surface area contributed by atoms with Crippen molar-refractivity contribution in [1.82, 2.24) is 0 Å². The van der Waals surface area contributed by atoms with E-state index in [-0.39, 0.29) is 0 Å². The van der Waals surface area contributed by atoms with Crippen LogP contribution in [-0.2, 0) is 0 Å². The van der Waals surface area contributed by atoms with Crippen molar-refractivity contribution in [2.45, 2.75) is 26.7 Å². The highest BCUT2D eigenvalue weighted by molar-refractivity contribution is 5.66. The second-order valence-electron chi connectivity index (χ2n) is 4.58. The minimum absolute atomic E-state index is 0.607. The van der Waals surface area contributed by atoms with Crippen LogP contribution in [0.5, 0.6) is 5.75 Å². The lowest BCUT2D eigenvalue weighted by atomic mass is 9.84. The summed E-state index contributed by atoms with van der Waals surface area (Å²) in [4.78, 5) is 0. The van der Waals surface area contributed by atoms with Gasteiger partial charge in [0.05, 0.1) is 12.8 Å². The number of anilines is 1. The molecule has 2 unspecified atom stereocenters. The van der Waals surface area contributed by atoms with Gasteiger partial charge in [0, 0.05) is 6.54 Å². The Morgan fingerprint density at radius 1 is 1.33 bits per heavy atom. The highest BCUT2D eigenvalue weighted by Crippen LogP contribution is 2.40. The smallest absolute Gasteiger partial charge is 0.142 e. The molecule has 1 heterocycles. The topological polar surface area (TPSA) is 21.3 Å². The predicted molar refractivity (Wildman–Crippen MR) is 63.8 cm³/mol. The van der Waals surface area contributed by atoms with Crippen LogP contribution in [0.3, 0.4) is 0 Å². The Hall–Kier alpha value is -1.18. The number of hydrogen-bond donors (Lipinski definition) is 1. The summed E-state index contributed by atoms with van der Waals surface area (Å²) in [6, 6.07) is 4.36. The van der Waals surface area contributed by atoms with Gasteiger partial charge in [-0.25, -0.2) is 0 Å². The monoisotopic (exact) mass is 205 g/mol. The largest absolute Gasteiger partial charge is 0.495 e. The van der Waals surface area contributed by atoms with E-state index in [0.717, 1.165) is 12.3 Å². The maximum atomic E-state index is 5.41. The van der Waals surface area contributed by atoms with Crippen molar-refractivity contribution in [3.63, 3.8) is 0 Å². The number of methoxy groups -OCH3 is 1. The molecular weight excluding hydrogens is 186 g/mol. The Balaban J connectivity index is 2.53. The number of fused-ring (bicyclic) bond motifs is 1. The number of benzene rings is 1. The van der Waals surface area contributed by atoms with Crippen LogP contribution < -0.4 is 10.1 Å². The molecule has 15 heavy (non-hydrogen) atoms. The maximum absolute atomic E-state index is 5.41. The number of hydrogen-bond acceptors (Lipinski definition) is 2. The van der Waals surface area contributed by atoms with E-state index in [4.69, 9.17) is 4.74 Å². The summed E-state index contributed by atoms with van der Waals surface area (Å²) in [5.41, 5.74) is 3.85. The van der Waals surface area contributed by atoms with Crippen LogP contribution in [-0.4, -0.2) is 13.7 Å². The highest BCUT2D eigenvalue weighted by Gasteiger charge is 2.25. The summed E-state index contributed by atoms with van der Waals surface area (Å²) >= 11 is 0. The van der Waals surface area contributed by atoms with E-state index in [9.17, 15) is 0 Å². The van der Waals surface area contributed by atoms with Gasteiger partial charge in [-0.2, -0.15) is 0 Å². The third-order valence-electron chi connectivity index (χ3n) is 3.44. The Morgan fingerprint density at radius 2 is 2.07 bits per heavy atom. The molecule has 2 heteroatoms. The van der Waals surface area contributed by atoms with E-state index in [1.807, 2.05) is 0 Å². The standard InChI is InChI=1S/C13H19NO/c1-8-5-11-10(3)9(2)7-14-13(11)12(6-8)15-4/h5-6,9-10,14H,7H2,1-4H3. The quantitative estimate of drug-likeness (QED) is 0.760. The van der Waals surface area contributed by atoms with Crippen LogP contribution >= 0.6 is 0 Å². The molecule has 1 aliphatic heterocycles. The van der Waals surface area contributed by atoms with Gasteiger partial charge in [0.2, 0.25) is 0 Å². The fourth-order valence-corrected chi connectivity index (χ4v) is 2.24. The zero-order valence-electron chi connectivity index (χ0n) is 9.92. The first-order valence-corrected chi connectivity index (χ1v) is 5.56. The Morgan fingerprint density at radius 3 is 2.73 bits per heavy atom. The molecule has 1 N–H and O–H groups in total. The second kappa shape index (κ2) is 3.76. The minimum atomic E-state index is 0.607. The molecule has 0 saturated carbocycles. The normalized spacial score (nSPS) is 24.3. The average Bonchev–Trinajstić information content (AvgIpc) is 2.23. The van der Waals surface area contributed by atoms with Crippen molar-refractivity contribution >= 4 is 5.69 Å². The van der Waals surface area contributed by atoms with Crippen LogP contribution in [0.4, 0.5) is 5.69 Å². The molecule has 0 aliphatic carbocycles. The molecule has 0 radical (unpaired) electrons. The first-order valence-electron chi connectivity index (χ1n) is 5.56. The Kier molecular flexibility index (Phi) is 2.59. The van der Waals surface area contributed by atoms with Crippen molar-refractivity contribution < 1.29 is 4.74 Å². The summed E-state index contributed by atoms with van der Waals surface area (Å²) in [5, 5.41) is 3.46. The summed E-state index contributed by atoms with van der Waals surface area (Å²) in [6.45, 7) is 7.74. The molecule has 2 nitrogen and oxygen atoms in total. The number of rotatable bonds is 1. The molecule has 0 bridgehead atoms. The average molecular weight is 205 g/mol. The van der Waals surface area contributed by atoms with Gasteiger partial charge in [0.1, 0.15) is 5.75 Å². The first-order chi connectivity index (χ1) is 7.13. The summed E-state index contributed by atoms with van der Waals surface area (Å²) in [7, 11) is 1.74. The maximum Gasteiger partial charge on any atom is 0.142 e. The first kappa shape index (κ1) is 10.3. The molecule has 2 rings (SSSR count). The summed E-state index contributed by atoms with van der Waals surface area (Å²) in [6.07, 6.45) is 0. The molecule has 0 spiro atoms. The van der Waals surface area contributed by atoms with E-state index in [0.29, 0.717) is 11.8 Å². The van der Waals surface area contributed by atoms with E-state index < -0.39 is 0 Å². The third-order valence-corrected chi connectivity index (χ3v) is 3.44. The Bertz CT molecular complexity index is 373. The Labute approximate surface area is 91.6 Å². The van der Waals surface area contributed by atoms with Gasteiger partial charge >= 0.3 is 0 Å². The van der Waals surface area contributed by atoms with E-state index in [2.05, 4.69) is 38.2 Å². The molecule has 82 valence electrons. The van der Waals surface area contributed by atoms with Crippen LogP contribution in [0.25, 0.3) is 0 Å². The summed E-state index contributed by atoms with van der Waals surface area (Å²) < 4.78 is 5.41.